The van der Waals surface area contributed by atoms with Crippen molar-refractivity contribution in [2.75, 3.05) is 36.0 Å². The standard InChI is InChI=1S/C25H21ClFN3O2S/c26-18-5-4-6-20(15-18)29-11-13-30(14-12-29)25-22-16-19(27)9-10-23(22)28-17-24(25)33(31,32)21-7-2-1-3-8-21/h1-10,15-17H,11-14H2. The van der Waals surface area contributed by atoms with Gasteiger partial charge in [-0.2, -0.15) is 0 Å². The Morgan fingerprint density at radius 3 is 2.30 bits per heavy atom. The summed E-state index contributed by atoms with van der Waals surface area (Å²) < 4.78 is 41.4. The lowest BCUT2D eigenvalue weighted by molar-refractivity contribution is 0.593. The van der Waals surface area contributed by atoms with Crippen LogP contribution in [0.1, 0.15) is 0 Å². The number of piperazine rings is 1. The van der Waals surface area contributed by atoms with Gasteiger partial charge >= 0.3 is 0 Å². The minimum absolute atomic E-state index is 0.0861. The first kappa shape index (κ1) is 21.7. The molecule has 0 amide bonds. The van der Waals surface area contributed by atoms with Gasteiger partial charge in [0.05, 0.1) is 16.1 Å². The molecule has 1 aromatic heterocycles. The number of nitrogens with zero attached hydrogens (tertiary/aromatic N) is 3. The summed E-state index contributed by atoms with van der Waals surface area (Å²) in [5.74, 6) is -0.433. The predicted octanol–water partition coefficient (Wildman–Crippen LogP) is 5.19. The number of halogens is 2. The van der Waals surface area contributed by atoms with Gasteiger partial charge in [-0.25, -0.2) is 12.8 Å². The van der Waals surface area contributed by atoms with Crippen molar-refractivity contribution in [3.63, 3.8) is 0 Å². The third kappa shape index (κ3) is 4.14. The van der Waals surface area contributed by atoms with Gasteiger partial charge < -0.3 is 9.80 Å². The smallest absolute Gasteiger partial charge is 0.210 e. The van der Waals surface area contributed by atoms with E-state index in [0.717, 1.165) is 5.69 Å². The first-order valence-electron chi connectivity index (χ1n) is 10.6. The largest absolute Gasteiger partial charge is 0.368 e. The van der Waals surface area contributed by atoms with Gasteiger partial charge in [0.15, 0.2) is 0 Å². The van der Waals surface area contributed by atoms with E-state index >= 15 is 0 Å². The molecule has 33 heavy (non-hydrogen) atoms. The lowest BCUT2D eigenvalue weighted by atomic mass is 10.1. The number of benzene rings is 3. The molecule has 0 aliphatic carbocycles. The number of rotatable bonds is 4. The maximum atomic E-state index is 14.2. The number of hydrogen-bond acceptors (Lipinski definition) is 5. The van der Waals surface area contributed by atoms with Crippen molar-refractivity contribution in [2.24, 2.45) is 0 Å². The topological polar surface area (TPSA) is 53.5 Å². The Balaban J connectivity index is 1.58. The number of aromatic nitrogens is 1. The van der Waals surface area contributed by atoms with E-state index in [2.05, 4.69) is 9.88 Å². The van der Waals surface area contributed by atoms with Crippen LogP contribution >= 0.6 is 11.6 Å². The summed E-state index contributed by atoms with van der Waals surface area (Å²) in [4.78, 5) is 8.83. The van der Waals surface area contributed by atoms with Crippen molar-refractivity contribution >= 4 is 43.7 Å². The maximum absolute atomic E-state index is 14.2. The van der Waals surface area contributed by atoms with Gasteiger partial charge in [-0.1, -0.05) is 35.9 Å². The molecule has 1 aliphatic rings. The van der Waals surface area contributed by atoms with Crippen LogP contribution in [-0.4, -0.2) is 39.6 Å². The van der Waals surface area contributed by atoms with E-state index in [1.165, 1.54) is 18.3 Å². The lowest BCUT2D eigenvalue weighted by Gasteiger charge is -2.38. The van der Waals surface area contributed by atoms with Crippen LogP contribution in [0.15, 0.2) is 88.8 Å². The Bertz CT molecular complexity index is 1420. The average molecular weight is 482 g/mol. The maximum Gasteiger partial charge on any atom is 0.210 e. The highest BCUT2D eigenvalue weighted by Gasteiger charge is 2.29. The first-order chi connectivity index (χ1) is 15.9. The van der Waals surface area contributed by atoms with Gasteiger partial charge in [-0.15, -0.1) is 0 Å². The first-order valence-corrected chi connectivity index (χ1v) is 12.4. The van der Waals surface area contributed by atoms with Crippen molar-refractivity contribution in [1.29, 1.82) is 0 Å². The van der Waals surface area contributed by atoms with Crippen LogP contribution in [0, 0.1) is 5.82 Å². The number of fused-ring (bicyclic) bond motifs is 1. The van der Waals surface area contributed by atoms with Gasteiger partial charge in [0.2, 0.25) is 9.84 Å². The Morgan fingerprint density at radius 2 is 1.58 bits per heavy atom. The summed E-state index contributed by atoms with van der Waals surface area (Å²) in [5.41, 5.74) is 2.06. The van der Waals surface area contributed by atoms with Crippen LogP contribution < -0.4 is 9.80 Å². The molecule has 3 aromatic carbocycles. The summed E-state index contributed by atoms with van der Waals surface area (Å²) in [6.07, 6.45) is 1.39. The van der Waals surface area contributed by atoms with Crippen LogP contribution in [0.4, 0.5) is 15.8 Å². The zero-order valence-electron chi connectivity index (χ0n) is 17.7. The van der Waals surface area contributed by atoms with E-state index in [1.807, 2.05) is 29.2 Å². The average Bonchev–Trinajstić information content (AvgIpc) is 2.84. The molecule has 5 nitrogen and oxygen atoms in total. The molecule has 8 heteroatoms. The molecule has 168 valence electrons. The van der Waals surface area contributed by atoms with Crippen molar-refractivity contribution in [1.82, 2.24) is 4.98 Å². The molecule has 5 rings (SSSR count). The van der Waals surface area contributed by atoms with Crippen LogP contribution in [-0.2, 0) is 9.84 Å². The Morgan fingerprint density at radius 1 is 0.848 bits per heavy atom. The molecule has 2 heterocycles. The molecule has 0 saturated carbocycles. The fourth-order valence-corrected chi connectivity index (χ4v) is 5.88. The number of pyridine rings is 1. The molecule has 0 unspecified atom stereocenters. The Kier molecular flexibility index (Phi) is 5.68. The van der Waals surface area contributed by atoms with Crippen LogP contribution in [0.3, 0.4) is 0 Å². The third-order valence-electron chi connectivity index (χ3n) is 5.88. The quantitative estimate of drug-likeness (QED) is 0.401. The van der Waals surface area contributed by atoms with Gasteiger partial charge in [-0.05, 0) is 48.5 Å². The monoisotopic (exact) mass is 481 g/mol. The fraction of sp³-hybridized carbons (Fsp3) is 0.160. The van der Waals surface area contributed by atoms with Crippen LogP contribution in [0.25, 0.3) is 10.9 Å². The summed E-state index contributed by atoms with van der Waals surface area (Å²) in [6, 6.07) is 20.2. The highest BCUT2D eigenvalue weighted by Crippen LogP contribution is 2.37. The lowest BCUT2D eigenvalue weighted by Crippen LogP contribution is -2.47. The van der Waals surface area contributed by atoms with Gasteiger partial charge in [-0.3, -0.25) is 4.98 Å². The normalized spacial score (nSPS) is 14.6. The number of sulfone groups is 1. The summed E-state index contributed by atoms with van der Waals surface area (Å²) in [7, 11) is -3.85. The minimum atomic E-state index is -3.85. The zero-order valence-corrected chi connectivity index (χ0v) is 19.2. The molecule has 0 atom stereocenters. The second kappa shape index (κ2) is 8.65. The molecular formula is C25H21ClFN3O2S. The highest BCUT2D eigenvalue weighted by atomic mass is 35.5. The van der Waals surface area contributed by atoms with Crippen molar-refractivity contribution in [2.45, 2.75) is 9.79 Å². The molecule has 0 N–H and O–H groups in total. The summed E-state index contributed by atoms with van der Waals surface area (Å²) in [6.45, 7) is 2.48. The van der Waals surface area contributed by atoms with Crippen molar-refractivity contribution < 1.29 is 12.8 Å². The molecule has 1 fully saturated rings. The second-order valence-electron chi connectivity index (χ2n) is 7.90. The van der Waals surface area contributed by atoms with E-state index < -0.39 is 15.7 Å². The van der Waals surface area contributed by atoms with E-state index in [4.69, 9.17) is 11.6 Å². The van der Waals surface area contributed by atoms with Gasteiger partial charge in [0, 0.05) is 48.5 Å². The molecule has 4 aromatic rings. The summed E-state index contributed by atoms with van der Waals surface area (Å²) >= 11 is 6.15. The summed E-state index contributed by atoms with van der Waals surface area (Å²) in [5, 5.41) is 1.16. The van der Waals surface area contributed by atoms with Crippen molar-refractivity contribution in [3.8, 4) is 0 Å². The van der Waals surface area contributed by atoms with E-state index in [9.17, 15) is 12.8 Å². The molecule has 0 spiro atoms. The number of hydrogen-bond donors (Lipinski definition) is 0. The third-order valence-corrected chi connectivity index (χ3v) is 7.89. The van der Waals surface area contributed by atoms with Crippen LogP contribution in [0.5, 0.6) is 0 Å². The Labute approximate surface area is 197 Å². The van der Waals surface area contributed by atoms with Gasteiger partial charge in [0.25, 0.3) is 0 Å². The predicted molar refractivity (Wildman–Crippen MR) is 129 cm³/mol. The van der Waals surface area contributed by atoms with E-state index in [-0.39, 0.29) is 9.79 Å². The van der Waals surface area contributed by atoms with Crippen molar-refractivity contribution in [3.05, 3.63) is 89.8 Å². The molecule has 1 saturated heterocycles. The fourth-order valence-electron chi connectivity index (χ4n) is 4.24. The highest BCUT2D eigenvalue weighted by molar-refractivity contribution is 7.91. The molecular weight excluding hydrogens is 461 g/mol. The van der Waals surface area contributed by atoms with E-state index in [0.29, 0.717) is 47.8 Å². The molecule has 0 radical (unpaired) electrons. The van der Waals surface area contributed by atoms with Gasteiger partial charge in [0.1, 0.15) is 10.7 Å². The van der Waals surface area contributed by atoms with Crippen LogP contribution in [0.2, 0.25) is 5.02 Å². The minimum Gasteiger partial charge on any atom is -0.368 e. The molecule has 1 aliphatic heterocycles. The Hall–Kier alpha value is -3.16. The van der Waals surface area contributed by atoms with E-state index in [1.54, 1.807) is 36.4 Å². The number of anilines is 2. The molecule has 0 bridgehead atoms. The SMILES string of the molecule is O=S(=O)(c1ccccc1)c1cnc2ccc(F)cc2c1N1CCN(c2cccc(Cl)c2)CC1. The second-order valence-corrected chi connectivity index (χ2v) is 10.3. The zero-order chi connectivity index (χ0) is 23.0.